The van der Waals surface area contributed by atoms with Crippen molar-refractivity contribution in [1.29, 1.82) is 0 Å². The Morgan fingerprint density at radius 2 is 2.22 bits per heavy atom. The molecule has 0 aliphatic heterocycles. The molecular weight excluding hydrogens is 251 g/mol. The summed E-state index contributed by atoms with van der Waals surface area (Å²) in [4.78, 5) is 4.75. The van der Waals surface area contributed by atoms with Crippen LogP contribution in [0.4, 0.5) is 4.39 Å². The van der Waals surface area contributed by atoms with Gasteiger partial charge in [-0.25, -0.2) is 9.37 Å². The second-order valence-electron chi connectivity index (χ2n) is 4.01. The molecule has 1 unspecified atom stereocenters. The molecule has 0 saturated heterocycles. The fourth-order valence-corrected chi connectivity index (χ4v) is 2.45. The Morgan fingerprint density at radius 3 is 2.89 bits per heavy atom. The minimum atomic E-state index is -0.201. The maximum Gasteiger partial charge on any atom is 0.138 e. The van der Waals surface area contributed by atoms with Crippen molar-refractivity contribution in [3.8, 4) is 0 Å². The van der Waals surface area contributed by atoms with Gasteiger partial charge in [0.05, 0.1) is 0 Å². The summed E-state index contributed by atoms with van der Waals surface area (Å²) in [6, 6.07) is 6.64. The number of benzene rings is 1. The molecule has 0 amide bonds. The smallest absolute Gasteiger partial charge is 0.138 e. The van der Waals surface area contributed by atoms with Crippen LogP contribution in [-0.4, -0.2) is 26.6 Å². The van der Waals surface area contributed by atoms with Crippen molar-refractivity contribution in [2.75, 3.05) is 5.75 Å². The van der Waals surface area contributed by atoms with Crippen LogP contribution in [0.5, 0.6) is 0 Å². The zero-order valence-corrected chi connectivity index (χ0v) is 10.9. The number of aromatic nitrogens is 3. The van der Waals surface area contributed by atoms with Crippen LogP contribution in [0, 0.1) is 5.82 Å². The third-order valence-corrected chi connectivity index (χ3v) is 3.78. The van der Waals surface area contributed by atoms with Gasteiger partial charge in [-0.2, -0.15) is 5.10 Å². The van der Waals surface area contributed by atoms with E-state index in [-0.39, 0.29) is 11.9 Å². The van der Waals surface area contributed by atoms with E-state index in [1.54, 1.807) is 16.8 Å². The minimum absolute atomic E-state index is 0.0718. The van der Waals surface area contributed by atoms with Crippen molar-refractivity contribution in [3.05, 3.63) is 42.2 Å². The predicted molar refractivity (Wildman–Crippen MR) is 69.8 cm³/mol. The molecule has 96 valence electrons. The summed E-state index contributed by atoms with van der Waals surface area (Å²) < 4.78 is 15.1. The van der Waals surface area contributed by atoms with Gasteiger partial charge in [0, 0.05) is 30.2 Å². The lowest BCUT2D eigenvalue weighted by molar-refractivity contribution is 0.601. The zero-order chi connectivity index (χ0) is 13.0. The van der Waals surface area contributed by atoms with Crippen molar-refractivity contribution >= 4 is 11.8 Å². The Kier molecular flexibility index (Phi) is 4.33. The molecule has 1 aromatic heterocycles. The SMILES string of the molecule is Cn1ncnc1CC(N)CSc1ccccc1F. The van der Waals surface area contributed by atoms with Crippen molar-refractivity contribution in [1.82, 2.24) is 14.8 Å². The lowest BCUT2D eigenvalue weighted by atomic mass is 10.2. The Balaban J connectivity index is 1.87. The molecule has 4 nitrogen and oxygen atoms in total. The highest BCUT2D eigenvalue weighted by atomic mass is 32.2. The molecule has 0 radical (unpaired) electrons. The summed E-state index contributed by atoms with van der Waals surface area (Å²) in [5.41, 5.74) is 6.01. The molecule has 1 aromatic carbocycles. The molecule has 2 aromatic rings. The Hall–Kier alpha value is -1.40. The van der Waals surface area contributed by atoms with Gasteiger partial charge >= 0.3 is 0 Å². The summed E-state index contributed by atoms with van der Waals surface area (Å²) in [6.45, 7) is 0. The first kappa shape index (κ1) is 13.0. The normalized spacial score (nSPS) is 12.6. The van der Waals surface area contributed by atoms with Crippen LogP contribution < -0.4 is 5.73 Å². The van der Waals surface area contributed by atoms with Crippen LogP contribution in [-0.2, 0) is 13.5 Å². The van der Waals surface area contributed by atoms with E-state index in [1.807, 2.05) is 13.1 Å². The van der Waals surface area contributed by atoms with E-state index < -0.39 is 0 Å². The molecule has 0 aliphatic carbocycles. The van der Waals surface area contributed by atoms with E-state index >= 15 is 0 Å². The number of thioether (sulfide) groups is 1. The number of nitrogens with zero attached hydrogens (tertiary/aromatic N) is 3. The molecule has 0 aliphatic rings. The molecule has 2 N–H and O–H groups in total. The van der Waals surface area contributed by atoms with Gasteiger partial charge in [-0.1, -0.05) is 12.1 Å². The second kappa shape index (κ2) is 5.97. The average Bonchev–Trinajstić information content (AvgIpc) is 2.74. The first-order valence-electron chi connectivity index (χ1n) is 5.62. The van der Waals surface area contributed by atoms with Crippen LogP contribution in [0.25, 0.3) is 0 Å². The van der Waals surface area contributed by atoms with Crippen molar-refractivity contribution < 1.29 is 4.39 Å². The second-order valence-corrected chi connectivity index (χ2v) is 5.07. The lowest BCUT2D eigenvalue weighted by Crippen LogP contribution is -2.27. The first-order valence-corrected chi connectivity index (χ1v) is 6.61. The number of nitrogens with two attached hydrogens (primary N) is 1. The molecule has 0 saturated carbocycles. The van der Waals surface area contributed by atoms with Crippen molar-refractivity contribution in [3.63, 3.8) is 0 Å². The summed E-state index contributed by atoms with van der Waals surface area (Å²) in [7, 11) is 1.83. The largest absolute Gasteiger partial charge is 0.327 e. The van der Waals surface area contributed by atoms with Gasteiger partial charge in [0.15, 0.2) is 0 Å². The van der Waals surface area contributed by atoms with Crippen molar-refractivity contribution in [2.24, 2.45) is 12.8 Å². The van der Waals surface area contributed by atoms with E-state index in [0.29, 0.717) is 17.1 Å². The summed E-state index contributed by atoms with van der Waals surface area (Å²) in [5, 5.41) is 3.99. The van der Waals surface area contributed by atoms with Gasteiger partial charge < -0.3 is 5.73 Å². The summed E-state index contributed by atoms with van der Waals surface area (Å²) in [6.07, 6.45) is 2.14. The highest BCUT2D eigenvalue weighted by Crippen LogP contribution is 2.21. The van der Waals surface area contributed by atoms with Crippen LogP contribution in [0.3, 0.4) is 0 Å². The molecule has 0 fully saturated rings. The van der Waals surface area contributed by atoms with E-state index in [0.717, 1.165) is 5.82 Å². The van der Waals surface area contributed by atoms with Gasteiger partial charge in [0.25, 0.3) is 0 Å². The summed E-state index contributed by atoms with van der Waals surface area (Å²) in [5.74, 6) is 1.29. The summed E-state index contributed by atoms with van der Waals surface area (Å²) >= 11 is 1.43. The highest BCUT2D eigenvalue weighted by molar-refractivity contribution is 7.99. The molecule has 1 atom stereocenters. The van der Waals surface area contributed by atoms with Crippen molar-refractivity contribution in [2.45, 2.75) is 17.4 Å². The highest BCUT2D eigenvalue weighted by Gasteiger charge is 2.10. The number of aryl methyl sites for hydroxylation is 1. The molecule has 18 heavy (non-hydrogen) atoms. The van der Waals surface area contributed by atoms with E-state index in [4.69, 9.17) is 5.73 Å². The molecule has 0 spiro atoms. The molecule has 0 bridgehead atoms. The Bertz CT molecular complexity index is 514. The molecule has 2 rings (SSSR count). The molecule has 6 heteroatoms. The lowest BCUT2D eigenvalue weighted by Gasteiger charge is -2.10. The Morgan fingerprint density at radius 1 is 1.44 bits per heavy atom. The fourth-order valence-electron chi connectivity index (χ4n) is 1.56. The third kappa shape index (κ3) is 3.30. The Labute approximate surface area is 109 Å². The number of rotatable bonds is 5. The maximum atomic E-state index is 13.4. The number of halogens is 1. The van der Waals surface area contributed by atoms with E-state index in [2.05, 4.69) is 10.1 Å². The quantitative estimate of drug-likeness (QED) is 0.835. The minimum Gasteiger partial charge on any atom is -0.327 e. The maximum absolute atomic E-state index is 13.4. The van der Waals surface area contributed by atoms with E-state index in [1.165, 1.54) is 24.2 Å². The fraction of sp³-hybridized carbons (Fsp3) is 0.333. The molecule has 1 heterocycles. The van der Waals surface area contributed by atoms with Crippen LogP contribution >= 0.6 is 11.8 Å². The van der Waals surface area contributed by atoms with Crippen LogP contribution in [0.1, 0.15) is 5.82 Å². The van der Waals surface area contributed by atoms with Gasteiger partial charge in [0.2, 0.25) is 0 Å². The number of hydrogen-bond donors (Lipinski definition) is 1. The number of hydrogen-bond acceptors (Lipinski definition) is 4. The van der Waals surface area contributed by atoms with E-state index in [9.17, 15) is 4.39 Å². The monoisotopic (exact) mass is 266 g/mol. The standard InChI is InChI=1S/C12H15FN4S/c1-17-12(15-8-16-17)6-9(14)7-18-11-5-3-2-4-10(11)13/h2-5,8-9H,6-7,14H2,1H3. The van der Waals surface area contributed by atoms with Crippen LogP contribution in [0.2, 0.25) is 0 Å². The van der Waals surface area contributed by atoms with Gasteiger partial charge in [-0.3, -0.25) is 4.68 Å². The van der Waals surface area contributed by atoms with Crippen LogP contribution in [0.15, 0.2) is 35.5 Å². The first-order chi connectivity index (χ1) is 8.66. The van der Waals surface area contributed by atoms with Gasteiger partial charge in [-0.05, 0) is 12.1 Å². The zero-order valence-electron chi connectivity index (χ0n) is 10.1. The topological polar surface area (TPSA) is 56.7 Å². The average molecular weight is 266 g/mol. The molecular formula is C12H15FN4S. The predicted octanol–water partition coefficient (Wildman–Crippen LogP) is 1.62. The van der Waals surface area contributed by atoms with Gasteiger partial charge in [0.1, 0.15) is 18.0 Å². The third-order valence-electron chi connectivity index (χ3n) is 2.54. The van der Waals surface area contributed by atoms with Gasteiger partial charge in [-0.15, -0.1) is 11.8 Å².